The monoisotopic (exact) mass is 328 g/mol. The number of nitrogens with two attached hydrogens (primary N) is 2. The van der Waals surface area contributed by atoms with E-state index in [1.807, 2.05) is 43.3 Å². The Labute approximate surface area is 145 Å². The van der Waals surface area contributed by atoms with Crippen molar-refractivity contribution < 1.29 is 4.79 Å². The van der Waals surface area contributed by atoms with Gasteiger partial charge in [0.15, 0.2) is 5.96 Å². The van der Waals surface area contributed by atoms with E-state index < -0.39 is 5.91 Å². The average molecular weight is 328 g/mol. The summed E-state index contributed by atoms with van der Waals surface area (Å²) in [6.45, 7) is 1.96. The van der Waals surface area contributed by atoms with Crippen molar-refractivity contribution in [1.82, 2.24) is 0 Å². The van der Waals surface area contributed by atoms with Gasteiger partial charge in [-0.15, -0.1) is 0 Å². The van der Waals surface area contributed by atoms with Gasteiger partial charge in [0.1, 0.15) is 0 Å². The number of nitrogens with zero attached hydrogens (tertiary/aromatic N) is 2. The smallest absolute Gasteiger partial charge is 0.280 e. The summed E-state index contributed by atoms with van der Waals surface area (Å²) in [7, 11) is 0. The number of fused-ring (bicyclic) bond motifs is 1. The van der Waals surface area contributed by atoms with Gasteiger partial charge in [0.05, 0.1) is 11.6 Å². The van der Waals surface area contributed by atoms with Crippen molar-refractivity contribution in [3.63, 3.8) is 0 Å². The molecule has 3 aromatic carbocycles. The van der Waals surface area contributed by atoms with Gasteiger partial charge in [-0.25, -0.2) is 0 Å². The van der Waals surface area contributed by atoms with Crippen molar-refractivity contribution >= 4 is 22.6 Å². The zero-order chi connectivity index (χ0) is 18.0. The number of guanidine groups is 1. The lowest BCUT2D eigenvalue weighted by molar-refractivity contribution is 0.100. The largest absolute Gasteiger partial charge is 0.370 e. The van der Waals surface area contributed by atoms with Crippen LogP contribution in [0.2, 0.25) is 0 Å². The molecule has 0 aromatic heterocycles. The van der Waals surface area contributed by atoms with E-state index in [1.165, 1.54) is 0 Å². The molecule has 1 amide bonds. The van der Waals surface area contributed by atoms with E-state index in [4.69, 9.17) is 16.7 Å². The van der Waals surface area contributed by atoms with Crippen molar-refractivity contribution in [3.8, 4) is 17.2 Å². The van der Waals surface area contributed by atoms with Gasteiger partial charge in [-0.3, -0.25) is 4.79 Å². The van der Waals surface area contributed by atoms with Crippen molar-refractivity contribution in [2.24, 2.45) is 16.5 Å². The second-order valence-electron chi connectivity index (χ2n) is 5.72. The minimum Gasteiger partial charge on any atom is -0.370 e. The normalized spacial score (nSPS) is 10.2. The highest BCUT2D eigenvalue weighted by molar-refractivity contribution is 6.06. The molecule has 0 unspecified atom stereocenters. The Bertz CT molecular complexity index is 1060. The molecule has 0 aliphatic carbocycles. The third-order valence-corrected chi connectivity index (χ3v) is 4.01. The standard InChI is InChI=1S/C20H16N4O/c1-12-9-13(11-21)5-8-16(12)17-4-2-3-14-6-7-15(10-18(14)17)19(25)24-20(22)23/h2-10H,1H3,(H4,22,23,24,25). The minimum atomic E-state index is -0.478. The maximum absolute atomic E-state index is 12.1. The first-order valence-electron chi connectivity index (χ1n) is 7.67. The first-order chi connectivity index (χ1) is 12.0. The number of rotatable bonds is 2. The first-order valence-corrected chi connectivity index (χ1v) is 7.67. The molecule has 5 nitrogen and oxygen atoms in total. The van der Waals surface area contributed by atoms with Gasteiger partial charge in [-0.05, 0) is 58.7 Å². The molecule has 0 saturated carbocycles. The summed E-state index contributed by atoms with van der Waals surface area (Å²) in [5.41, 5.74) is 14.6. The fourth-order valence-electron chi connectivity index (χ4n) is 2.86. The molecule has 25 heavy (non-hydrogen) atoms. The summed E-state index contributed by atoms with van der Waals surface area (Å²) < 4.78 is 0. The van der Waals surface area contributed by atoms with Crippen LogP contribution in [0.3, 0.4) is 0 Å². The van der Waals surface area contributed by atoms with Crippen molar-refractivity contribution in [1.29, 1.82) is 5.26 Å². The maximum Gasteiger partial charge on any atom is 0.280 e. The summed E-state index contributed by atoms with van der Waals surface area (Å²) in [4.78, 5) is 15.7. The number of hydrogen-bond acceptors (Lipinski definition) is 2. The van der Waals surface area contributed by atoms with Crippen LogP contribution in [-0.4, -0.2) is 11.9 Å². The lowest BCUT2D eigenvalue weighted by Gasteiger charge is -2.11. The molecular weight excluding hydrogens is 312 g/mol. The predicted octanol–water partition coefficient (Wildman–Crippen LogP) is 3.10. The van der Waals surface area contributed by atoms with Gasteiger partial charge in [0.2, 0.25) is 0 Å². The SMILES string of the molecule is Cc1cc(C#N)ccc1-c1cccc2ccc(C(=O)N=C(N)N)cc12. The van der Waals surface area contributed by atoms with Crippen molar-refractivity contribution in [2.75, 3.05) is 0 Å². The second-order valence-corrected chi connectivity index (χ2v) is 5.72. The topological polar surface area (TPSA) is 105 Å². The zero-order valence-corrected chi connectivity index (χ0v) is 13.7. The number of carbonyl (C=O) groups excluding carboxylic acids is 1. The van der Waals surface area contributed by atoms with Gasteiger partial charge >= 0.3 is 0 Å². The lowest BCUT2D eigenvalue weighted by atomic mass is 9.93. The molecule has 0 heterocycles. The van der Waals surface area contributed by atoms with Gasteiger partial charge in [-0.2, -0.15) is 10.3 Å². The summed E-state index contributed by atoms with van der Waals surface area (Å²) in [6.07, 6.45) is 0. The number of benzene rings is 3. The van der Waals surface area contributed by atoms with Crippen LogP contribution < -0.4 is 11.5 Å². The number of carbonyl (C=O) groups is 1. The van der Waals surface area contributed by atoms with Gasteiger partial charge < -0.3 is 11.5 Å². The van der Waals surface area contributed by atoms with Crippen LogP contribution in [0.15, 0.2) is 59.6 Å². The molecule has 0 spiro atoms. The molecule has 0 atom stereocenters. The van der Waals surface area contributed by atoms with Crippen molar-refractivity contribution in [2.45, 2.75) is 6.92 Å². The molecule has 0 radical (unpaired) electrons. The van der Waals surface area contributed by atoms with E-state index in [-0.39, 0.29) is 5.96 Å². The van der Waals surface area contributed by atoms with Crippen LogP contribution in [0, 0.1) is 18.3 Å². The van der Waals surface area contributed by atoms with Gasteiger partial charge in [0.25, 0.3) is 5.91 Å². The quantitative estimate of drug-likeness (QED) is 0.557. The fourth-order valence-corrected chi connectivity index (χ4v) is 2.86. The second kappa shape index (κ2) is 6.46. The Kier molecular flexibility index (Phi) is 4.19. The number of hydrogen-bond donors (Lipinski definition) is 2. The Morgan fingerprint density at radius 1 is 1.04 bits per heavy atom. The molecule has 0 fully saturated rings. The molecule has 0 saturated heterocycles. The van der Waals surface area contributed by atoms with E-state index in [2.05, 4.69) is 11.1 Å². The summed E-state index contributed by atoms with van der Waals surface area (Å²) >= 11 is 0. The molecule has 0 bridgehead atoms. The third kappa shape index (κ3) is 3.19. The van der Waals surface area contributed by atoms with E-state index in [9.17, 15) is 4.79 Å². The molecule has 3 aromatic rings. The highest BCUT2D eigenvalue weighted by atomic mass is 16.1. The molecule has 3 rings (SSSR count). The number of aryl methyl sites for hydroxylation is 1. The predicted molar refractivity (Wildman–Crippen MR) is 99.0 cm³/mol. The molecular formula is C20H16N4O. The van der Waals surface area contributed by atoms with Crippen molar-refractivity contribution in [3.05, 3.63) is 71.3 Å². The van der Waals surface area contributed by atoms with E-state index in [0.29, 0.717) is 11.1 Å². The van der Waals surface area contributed by atoms with E-state index in [1.54, 1.807) is 18.2 Å². The lowest BCUT2D eigenvalue weighted by Crippen LogP contribution is -2.24. The van der Waals surface area contributed by atoms with Crippen LogP contribution in [0.25, 0.3) is 21.9 Å². The Morgan fingerprint density at radius 3 is 2.52 bits per heavy atom. The van der Waals surface area contributed by atoms with E-state index >= 15 is 0 Å². The highest BCUT2D eigenvalue weighted by Gasteiger charge is 2.11. The van der Waals surface area contributed by atoms with E-state index in [0.717, 1.165) is 27.5 Å². The summed E-state index contributed by atoms with van der Waals surface area (Å²) in [5, 5.41) is 11.0. The maximum atomic E-state index is 12.1. The van der Waals surface area contributed by atoms with Gasteiger partial charge in [0, 0.05) is 5.56 Å². The number of aliphatic imine (C=N–C) groups is 1. The molecule has 0 aliphatic rings. The molecule has 0 aliphatic heterocycles. The van der Waals surface area contributed by atoms with Crippen LogP contribution in [0.1, 0.15) is 21.5 Å². The van der Waals surface area contributed by atoms with Gasteiger partial charge in [-0.1, -0.05) is 30.3 Å². The van der Waals surface area contributed by atoms with Crippen LogP contribution >= 0.6 is 0 Å². The molecule has 5 heteroatoms. The summed E-state index contributed by atoms with van der Waals surface area (Å²) in [6, 6.07) is 19.0. The van der Waals surface area contributed by atoms with Crippen LogP contribution in [0.5, 0.6) is 0 Å². The Morgan fingerprint density at radius 2 is 1.84 bits per heavy atom. The third-order valence-electron chi connectivity index (χ3n) is 4.01. The van der Waals surface area contributed by atoms with Crippen LogP contribution in [-0.2, 0) is 0 Å². The number of amides is 1. The zero-order valence-electron chi connectivity index (χ0n) is 13.7. The Hall–Kier alpha value is -3.65. The van der Waals surface area contributed by atoms with Crippen LogP contribution in [0.4, 0.5) is 0 Å². The minimum absolute atomic E-state index is 0.263. The highest BCUT2D eigenvalue weighted by Crippen LogP contribution is 2.32. The molecule has 122 valence electrons. The number of nitriles is 1. The first kappa shape index (κ1) is 16.2. The fraction of sp³-hybridized carbons (Fsp3) is 0.0500. The Balaban J connectivity index is 2.21. The molecule has 4 N–H and O–H groups in total. The average Bonchev–Trinajstić information content (AvgIpc) is 2.60. The summed E-state index contributed by atoms with van der Waals surface area (Å²) in [5.74, 6) is -0.741.